The first kappa shape index (κ1) is 19.9. The smallest absolute Gasteiger partial charge is 0.255 e. The van der Waals surface area contributed by atoms with Crippen LogP contribution in [-0.2, 0) is 4.79 Å². The Hall–Kier alpha value is -2.89. The summed E-state index contributed by atoms with van der Waals surface area (Å²) in [4.78, 5) is 33.3. The minimum absolute atomic E-state index is 0.0285. The lowest BCUT2D eigenvalue weighted by atomic mass is 10.1. The van der Waals surface area contributed by atoms with Gasteiger partial charge in [-0.2, -0.15) is 0 Å². The summed E-state index contributed by atoms with van der Waals surface area (Å²) in [5.41, 5.74) is 2.27. The Morgan fingerprint density at radius 3 is 2.50 bits per heavy atom. The highest BCUT2D eigenvalue weighted by Crippen LogP contribution is 2.18. The van der Waals surface area contributed by atoms with Gasteiger partial charge in [-0.05, 0) is 37.1 Å². The monoisotopic (exact) mass is 380 g/mol. The van der Waals surface area contributed by atoms with Gasteiger partial charge < -0.3 is 15.1 Å². The van der Waals surface area contributed by atoms with Crippen molar-refractivity contribution in [3.8, 4) is 0 Å². The quantitative estimate of drug-likeness (QED) is 0.884. The van der Waals surface area contributed by atoms with Gasteiger partial charge in [0, 0.05) is 37.7 Å². The summed E-state index contributed by atoms with van der Waals surface area (Å²) in [7, 11) is 0. The Bertz CT molecular complexity index is 833. The lowest BCUT2D eigenvalue weighted by Crippen LogP contribution is -2.37. The third kappa shape index (κ3) is 4.68. The van der Waals surface area contributed by atoms with E-state index < -0.39 is 0 Å². The molecule has 3 rings (SSSR count). The van der Waals surface area contributed by atoms with Crippen LogP contribution in [0.3, 0.4) is 0 Å². The molecule has 0 radical (unpaired) electrons. The average Bonchev–Trinajstić information content (AvgIpc) is 2.94. The maximum Gasteiger partial charge on any atom is 0.255 e. The van der Waals surface area contributed by atoms with Crippen LogP contribution in [0.15, 0.2) is 42.6 Å². The molecule has 1 N–H and O–H groups in total. The van der Waals surface area contributed by atoms with Crippen molar-refractivity contribution in [2.75, 3.05) is 36.4 Å². The first-order chi connectivity index (χ1) is 13.5. The molecule has 148 valence electrons. The molecule has 1 aliphatic rings. The van der Waals surface area contributed by atoms with E-state index in [1.165, 1.54) is 0 Å². The molecule has 2 aromatic rings. The van der Waals surface area contributed by atoms with Crippen LogP contribution < -0.4 is 10.2 Å². The van der Waals surface area contributed by atoms with E-state index in [9.17, 15) is 9.59 Å². The van der Waals surface area contributed by atoms with Gasteiger partial charge in [0.2, 0.25) is 5.91 Å². The van der Waals surface area contributed by atoms with Gasteiger partial charge >= 0.3 is 0 Å². The average molecular weight is 380 g/mol. The maximum absolute atomic E-state index is 12.4. The number of hydrogen-bond donors (Lipinski definition) is 1. The van der Waals surface area contributed by atoms with Crippen molar-refractivity contribution in [2.24, 2.45) is 5.92 Å². The SMILES string of the molecule is Cc1ccccc1C(=O)Nc1ccc(N2CCCN(C(=O)C(C)C)CC2)nc1. The number of nitrogens with zero attached hydrogens (tertiary/aromatic N) is 3. The summed E-state index contributed by atoms with van der Waals surface area (Å²) in [6.07, 6.45) is 2.61. The Labute approximate surface area is 166 Å². The third-order valence-corrected chi connectivity index (χ3v) is 5.02. The van der Waals surface area contributed by atoms with Gasteiger partial charge in [-0.25, -0.2) is 4.98 Å². The van der Waals surface area contributed by atoms with E-state index in [0.717, 1.165) is 37.4 Å². The van der Waals surface area contributed by atoms with Crippen molar-refractivity contribution >= 4 is 23.3 Å². The second-order valence-electron chi connectivity index (χ2n) is 7.49. The summed E-state index contributed by atoms with van der Waals surface area (Å²) in [5, 5.41) is 2.90. The molecule has 1 saturated heterocycles. The number of anilines is 2. The predicted octanol–water partition coefficient (Wildman–Crippen LogP) is 3.34. The van der Waals surface area contributed by atoms with Crippen LogP contribution in [0.1, 0.15) is 36.2 Å². The Balaban J connectivity index is 1.62. The van der Waals surface area contributed by atoms with Gasteiger partial charge in [-0.1, -0.05) is 32.0 Å². The van der Waals surface area contributed by atoms with Gasteiger partial charge in [0.05, 0.1) is 11.9 Å². The number of aromatic nitrogens is 1. The van der Waals surface area contributed by atoms with Crippen LogP contribution in [0.2, 0.25) is 0 Å². The highest BCUT2D eigenvalue weighted by molar-refractivity contribution is 6.05. The second kappa shape index (κ2) is 8.87. The van der Waals surface area contributed by atoms with Gasteiger partial charge in [0.15, 0.2) is 0 Å². The van der Waals surface area contributed by atoms with Crippen LogP contribution >= 0.6 is 0 Å². The van der Waals surface area contributed by atoms with E-state index in [0.29, 0.717) is 17.8 Å². The molecule has 1 aromatic carbocycles. The topological polar surface area (TPSA) is 65.5 Å². The van der Waals surface area contributed by atoms with Crippen molar-refractivity contribution in [1.82, 2.24) is 9.88 Å². The molecular weight excluding hydrogens is 352 g/mol. The van der Waals surface area contributed by atoms with Crippen molar-refractivity contribution in [3.63, 3.8) is 0 Å². The van der Waals surface area contributed by atoms with Gasteiger partial charge in [-0.3, -0.25) is 9.59 Å². The number of nitrogens with one attached hydrogen (secondary N) is 1. The van der Waals surface area contributed by atoms with Crippen LogP contribution in [0.25, 0.3) is 0 Å². The molecule has 0 aliphatic carbocycles. The van der Waals surface area contributed by atoms with Crippen LogP contribution in [-0.4, -0.2) is 47.9 Å². The molecule has 2 amide bonds. The summed E-state index contributed by atoms with van der Waals surface area (Å²) in [5.74, 6) is 0.975. The molecule has 1 aromatic heterocycles. The summed E-state index contributed by atoms with van der Waals surface area (Å²) in [6.45, 7) is 8.93. The van der Waals surface area contributed by atoms with Gasteiger partial charge in [0.25, 0.3) is 5.91 Å². The Kier molecular flexibility index (Phi) is 6.29. The van der Waals surface area contributed by atoms with E-state index in [1.54, 1.807) is 6.20 Å². The number of carbonyl (C=O) groups excluding carboxylic acids is 2. The fourth-order valence-corrected chi connectivity index (χ4v) is 3.41. The lowest BCUT2D eigenvalue weighted by Gasteiger charge is -2.24. The highest BCUT2D eigenvalue weighted by atomic mass is 16.2. The first-order valence-corrected chi connectivity index (χ1v) is 9.82. The zero-order chi connectivity index (χ0) is 20.1. The Morgan fingerprint density at radius 1 is 1.04 bits per heavy atom. The highest BCUT2D eigenvalue weighted by Gasteiger charge is 2.21. The number of benzene rings is 1. The molecular formula is C22H28N4O2. The van der Waals surface area contributed by atoms with E-state index in [1.807, 2.05) is 62.1 Å². The maximum atomic E-state index is 12.4. The lowest BCUT2D eigenvalue weighted by molar-refractivity contribution is -0.134. The fraction of sp³-hybridized carbons (Fsp3) is 0.409. The molecule has 0 bridgehead atoms. The zero-order valence-corrected chi connectivity index (χ0v) is 16.8. The summed E-state index contributed by atoms with van der Waals surface area (Å²) < 4.78 is 0. The number of aryl methyl sites for hydroxylation is 1. The number of carbonyl (C=O) groups is 2. The number of amides is 2. The van der Waals surface area contributed by atoms with Crippen molar-refractivity contribution in [2.45, 2.75) is 27.2 Å². The van der Waals surface area contributed by atoms with E-state index in [4.69, 9.17) is 0 Å². The minimum Gasteiger partial charge on any atom is -0.355 e. The molecule has 1 aliphatic heterocycles. The predicted molar refractivity (Wildman–Crippen MR) is 112 cm³/mol. The molecule has 6 nitrogen and oxygen atoms in total. The minimum atomic E-state index is -0.134. The standard InChI is InChI=1S/C22H28N4O2/c1-16(2)22(28)26-12-6-11-25(13-14-26)20-10-9-18(15-23-20)24-21(27)19-8-5-4-7-17(19)3/h4-5,7-10,15-16H,6,11-14H2,1-3H3,(H,24,27). The Morgan fingerprint density at radius 2 is 1.82 bits per heavy atom. The molecule has 6 heteroatoms. The van der Waals surface area contributed by atoms with Gasteiger partial charge in [0.1, 0.15) is 5.82 Å². The number of hydrogen-bond acceptors (Lipinski definition) is 4. The van der Waals surface area contributed by atoms with Crippen molar-refractivity contribution in [1.29, 1.82) is 0 Å². The normalized spacial score (nSPS) is 14.7. The number of pyridine rings is 1. The van der Waals surface area contributed by atoms with Gasteiger partial charge in [-0.15, -0.1) is 0 Å². The molecule has 0 spiro atoms. The largest absolute Gasteiger partial charge is 0.355 e. The zero-order valence-electron chi connectivity index (χ0n) is 16.8. The van der Waals surface area contributed by atoms with Crippen LogP contribution in [0.5, 0.6) is 0 Å². The molecule has 0 unspecified atom stereocenters. The molecule has 2 heterocycles. The molecule has 1 fully saturated rings. The molecule has 28 heavy (non-hydrogen) atoms. The summed E-state index contributed by atoms with van der Waals surface area (Å²) >= 11 is 0. The summed E-state index contributed by atoms with van der Waals surface area (Å²) in [6, 6.07) is 11.3. The first-order valence-electron chi connectivity index (χ1n) is 9.82. The van der Waals surface area contributed by atoms with E-state index in [2.05, 4.69) is 15.2 Å². The second-order valence-corrected chi connectivity index (χ2v) is 7.49. The van der Waals surface area contributed by atoms with E-state index >= 15 is 0 Å². The van der Waals surface area contributed by atoms with E-state index in [-0.39, 0.29) is 17.7 Å². The van der Waals surface area contributed by atoms with Crippen LogP contribution in [0.4, 0.5) is 11.5 Å². The van der Waals surface area contributed by atoms with Crippen molar-refractivity contribution in [3.05, 3.63) is 53.7 Å². The van der Waals surface area contributed by atoms with Crippen LogP contribution in [0, 0.1) is 12.8 Å². The fourth-order valence-electron chi connectivity index (χ4n) is 3.41. The number of rotatable bonds is 4. The van der Waals surface area contributed by atoms with Crippen molar-refractivity contribution < 1.29 is 9.59 Å². The molecule has 0 atom stereocenters. The molecule has 0 saturated carbocycles. The third-order valence-electron chi connectivity index (χ3n) is 5.02.